The van der Waals surface area contributed by atoms with E-state index in [1.54, 1.807) is 31.2 Å². The van der Waals surface area contributed by atoms with Crippen LogP contribution in [0.2, 0.25) is 5.02 Å². The number of methoxy groups -OCH3 is 2. The van der Waals surface area contributed by atoms with Crippen molar-refractivity contribution >= 4 is 35.0 Å². The highest BCUT2D eigenvalue weighted by molar-refractivity contribution is 7.99. The van der Waals surface area contributed by atoms with Gasteiger partial charge in [-0.15, -0.1) is 0 Å². The van der Waals surface area contributed by atoms with Crippen molar-refractivity contribution in [2.45, 2.75) is 31.3 Å². The van der Waals surface area contributed by atoms with Gasteiger partial charge in [0.2, 0.25) is 11.8 Å². The first-order valence-electron chi connectivity index (χ1n) is 9.17. The highest BCUT2D eigenvalue weighted by Crippen LogP contribution is 2.34. The molecule has 0 aliphatic carbocycles. The van der Waals surface area contributed by atoms with Crippen molar-refractivity contribution in [3.05, 3.63) is 70.2 Å². The molecule has 3 aromatic rings. The number of halogens is 1. The topological polar surface area (TPSA) is 82.9 Å². The summed E-state index contributed by atoms with van der Waals surface area (Å²) < 4.78 is 10.3. The van der Waals surface area contributed by atoms with E-state index >= 15 is 0 Å². The third-order valence-electron chi connectivity index (χ3n) is 4.16. The van der Waals surface area contributed by atoms with Crippen molar-refractivity contribution in [2.24, 2.45) is 5.16 Å². The molecular formula is C23H24ClN3O4S. The van der Waals surface area contributed by atoms with Crippen LogP contribution in [-0.2, 0) is 4.84 Å². The van der Waals surface area contributed by atoms with Gasteiger partial charge in [0.05, 0.1) is 36.6 Å². The highest BCUT2D eigenvalue weighted by atomic mass is 35.5. The van der Waals surface area contributed by atoms with Gasteiger partial charge in [0, 0.05) is 4.90 Å². The van der Waals surface area contributed by atoms with Crippen molar-refractivity contribution in [1.82, 2.24) is 9.97 Å². The average Bonchev–Trinajstić information content (AvgIpc) is 2.77. The Hall–Kier alpha value is -3.10. The molecule has 0 aliphatic rings. The van der Waals surface area contributed by atoms with E-state index in [1.807, 2.05) is 31.2 Å². The van der Waals surface area contributed by atoms with Gasteiger partial charge in [-0.2, -0.15) is 9.97 Å². The van der Waals surface area contributed by atoms with Gasteiger partial charge in [-0.05, 0) is 43.3 Å². The molecule has 0 radical (unpaired) electrons. The van der Waals surface area contributed by atoms with Gasteiger partial charge in [0.25, 0.3) is 0 Å². The molecule has 0 saturated heterocycles. The number of hydrogen-bond donors (Lipinski definition) is 0. The van der Waals surface area contributed by atoms with E-state index in [-0.39, 0.29) is 18.0 Å². The molecule has 0 fully saturated rings. The summed E-state index contributed by atoms with van der Waals surface area (Å²) in [4.78, 5) is 27.1. The Labute approximate surface area is 196 Å². The quantitative estimate of drug-likeness (QED) is 0.185. The first-order valence-corrected chi connectivity index (χ1v) is 10.4. The monoisotopic (exact) mass is 473 g/mol. The Morgan fingerprint density at radius 3 is 2.31 bits per heavy atom. The molecular weight excluding hydrogens is 450 g/mol. The number of aryl methyl sites for hydroxylation is 1. The molecule has 0 atom stereocenters. The van der Waals surface area contributed by atoms with Crippen LogP contribution in [0.25, 0.3) is 0 Å². The maximum absolute atomic E-state index is 12.8. The number of ether oxygens (including phenoxy) is 2. The second kappa shape index (κ2) is 11.5. The minimum atomic E-state index is -0.685. The molecule has 1 aromatic heterocycles. The van der Waals surface area contributed by atoms with Crippen molar-refractivity contribution in [3.8, 4) is 11.8 Å². The zero-order valence-corrected chi connectivity index (χ0v) is 19.0. The van der Waals surface area contributed by atoms with E-state index in [0.717, 1.165) is 22.9 Å². The van der Waals surface area contributed by atoms with Crippen LogP contribution in [0.15, 0.2) is 63.7 Å². The van der Waals surface area contributed by atoms with Crippen LogP contribution in [0.5, 0.6) is 11.8 Å². The molecule has 3 rings (SSSR count). The third-order valence-corrected chi connectivity index (χ3v) is 5.40. The minimum absolute atomic E-state index is 0. The summed E-state index contributed by atoms with van der Waals surface area (Å²) >= 11 is 7.44. The van der Waals surface area contributed by atoms with Crippen LogP contribution in [0.3, 0.4) is 0 Å². The lowest BCUT2D eigenvalue weighted by Gasteiger charge is -2.10. The zero-order valence-electron chi connectivity index (χ0n) is 17.4. The number of carbonyl (C=O) groups excluding carboxylic acids is 1. The first-order chi connectivity index (χ1) is 14.9. The number of carbonyl (C=O) groups is 1. The summed E-state index contributed by atoms with van der Waals surface area (Å²) in [6.07, 6.45) is 0. The predicted octanol–water partition coefficient (Wildman–Crippen LogP) is 5.82. The number of rotatable bonds is 7. The molecule has 0 bridgehead atoms. The molecule has 1 heterocycles. The molecule has 7 nitrogen and oxygen atoms in total. The number of nitrogens with zero attached hydrogens (tertiary/aromatic N) is 3. The van der Waals surface area contributed by atoms with Crippen LogP contribution in [-0.4, -0.2) is 35.9 Å². The van der Waals surface area contributed by atoms with E-state index in [9.17, 15) is 4.79 Å². The molecule has 32 heavy (non-hydrogen) atoms. The van der Waals surface area contributed by atoms with Gasteiger partial charge in [0.1, 0.15) is 0 Å². The smallest absolute Gasteiger partial charge is 0.368 e. The predicted molar refractivity (Wildman–Crippen MR) is 126 cm³/mol. The van der Waals surface area contributed by atoms with Crippen molar-refractivity contribution in [1.29, 1.82) is 0 Å². The van der Waals surface area contributed by atoms with Gasteiger partial charge in [-0.3, -0.25) is 0 Å². The second-order valence-electron chi connectivity index (χ2n) is 6.38. The fraction of sp³-hybridized carbons (Fsp3) is 0.217. The lowest BCUT2D eigenvalue weighted by Crippen LogP contribution is -2.07. The summed E-state index contributed by atoms with van der Waals surface area (Å²) in [5.41, 5.74) is 2.68. The largest absolute Gasteiger partial charge is 0.481 e. The summed E-state index contributed by atoms with van der Waals surface area (Å²) in [5.74, 6) is -0.0206. The van der Waals surface area contributed by atoms with Crippen LogP contribution in [0.4, 0.5) is 0 Å². The van der Waals surface area contributed by atoms with Crippen LogP contribution >= 0.6 is 23.4 Å². The summed E-state index contributed by atoms with van der Waals surface area (Å²) in [6, 6.07) is 14.3. The van der Waals surface area contributed by atoms with E-state index < -0.39 is 5.97 Å². The van der Waals surface area contributed by atoms with Crippen molar-refractivity contribution in [3.63, 3.8) is 0 Å². The zero-order chi connectivity index (χ0) is 22.4. The molecule has 0 spiro atoms. The second-order valence-corrected chi connectivity index (χ2v) is 7.79. The number of aromatic nitrogens is 2. The molecule has 0 amide bonds. The minimum Gasteiger partial charge on any atom is -0.481 e. The van der Waals surface area contributed by atoms with Gasteiger partial charge in [-0.1, -0.05) is 60.1 Å². The molecule has 0 unspecified atom stereocenters. The van der Waals surface area contributed by atoms with Crippen LogP contribution in [0.1, 0.15) is 35.8 Å². The number of benzene rings is 2. The van der Waals surface area contributed by atoms with Crippen molar-refractivity contribution < 1.29 is 19.1 Å². The van der Waals surface area contributed by atoms with Crippen LogP contribution < -0.4 is 9.47 Å². The Balaban J connectivity index is 0.00000363. The molecule has 2 aromatic carbocycles. The Morgan fingerprint density at radius 1 is 1.03 bits per heavy atom. The Kier molecular flexibility index (Phi) is 9.04. The maximum Gasteiger partial charge on any atom is 0.368 e. The van der Waals surface area contributed by atoms with Gasteiger partial charge in [-0.25, -0.2) is 4.79 Å². The first kappa shape index (κ1) is 25.2. The standard InChI is InChI=1S/C22H20ClN3O4S.CH4/c1-13-7-5-8-15(11-13)14(2)26-30-21(27)20-16(23)9-6-10-17(20)31-22-24-18(28-3)12-19(25-22)29-4;/h5-12H,1-4H3;1H4/b26-14+;. The molecule has 0 aliphatic heterocycles. The Bertz CT molecular complexity index is 1120. The molecule has 9 heteroatoms. The number of hydrogen-bond acceptors (Lipinski definition) is 8. The fourth-order valence-corrected chi connectivity index (χ4v) is 3.82. The number of oxime groups is 1. The Morgan fingerprint density at radius 2 is 1.69 bits per heavy atom. The SMILES string of the molecule is C.COc1cc(OC)nc(Sc2cccc(Cl)c2C(=O)O/N=C(\C)c2cccc(C)c2)n1. The third kappa shape index (κ3) is 6.21. The van der Waals surface area contributed by atoms with E-state index in [2.05, 4.69) is 15.1 Å². The fourth-order valence-electron chi connectivity index (χ4n) is 2.60. The molecule has 0 N–H and O–H groups in total. The van der Waals surface area contributed by atoms with Crippen LogP contribution in [0, 0.1) is 6.92 Å². The van der Waals surface area contributed by atoms with Gasteiger partial charge >= 0.3 is 5.97 Å². The molecule has 0 saturated carbocycles. The normalized spacial score (nSPS) is 10.8. The summed E-state index contributed by atoms with van der Waals surface area (Å²) in [6.45, 7) is 3.74. The summed E-state index contributed by atoms with van der Waals surface area (Å²) in [5, 5.41) is 4.54. The van der Waals surface area contributed by atoms with Gasteiger partial charge < -0.3 is 14.3 Å². The van der Waals surface area contributed by atoms with E-state index in [0.29, 0.717) is 27.5 Å². The average molecular weight is 474 g/mol. The van der Waals surface area contributed by atoms with E-state index in [1.165, 1.54) is 14.2 Å². The van der Waals surface area contributed by atoms with Gasteiger partial charge in [0.15, 0.2) is 5.16 Å². The van der Waals surface area contributed by atoms with Crippen molar-refractivity contribution in [2.75, 3.05) is 14.2 Å². The lowest BCUT2D eigenvalue weighted by molar-refractivity contribution is 0.0512. The molecule has 168 valence electrons. The van der Waals surface area contributed by atoms with E-state index in [4.69, 9.17) is 25.9 Å². The lowest BCUT2D eigenvalue weighted by atomic mass is 10.1. The highest BCUT2D eigenvalue weighted by Gasteiger charge is 2.20. The maximum atomic E-state index is 12.8. The summed E-state index contributed by atoms with van der Waals surface area (Å²) in [7, 11) is 2.99.